The van der Waals surface area contributed by atoms with E-state index in [2.05, 4.69) is 15.4 Å². The fourth-order valence-electron chi connectivity index (χ4n) is 5.89. The average molecular weight is 553 g/mol. The van der Waals surface area contributed by atoms with Crippen LogP contribution >= 0.6 is 0 Å². The zero-order chi connectivity index (χ0) is 28.3. The zero-order valence-electron chi connectivity index (χ0n) is 21.9. The molecule has 10 nitrogen and oxygen atoms in total. The third kappa shape index (κ3) is 4.34. The average Bonchev–Trinajstić information content (AvgIpc) is 3.59. The standard InChI is InChI=1S/C27H27F3N8O2/c1-14-11-15(26(40)33-20-12-19(27(28,29)30)36(2)35-20)4-7-18(14)22-23-24(31)32-9-10-37(23)25(34-22)16-3-5-17-6-8-21(39)38(17)13-16/h4,7,9-12,16-17H,3,5-6,8,13H2,1-2H3,(H2,31,32)(H,33,35,40). The van der Waals surface area contributed by atoms with Crippen LogP contribution in [-0.4, -0.2) is 53.5 Å². The van der Waals surface area contributed by atoms with Gasteiger partial charge >= 0.3 is 6.18 Å². The molecule has 2 amide bonds. The van der Waals surface area contributed by atoms with E-state index in [1.165, 1.54) is 0 Å². The van der Waals surface area contributed by atoms with E-state index in [0.717, 1.165) is 49.3 Å². The number of nitrogens with zero attached hydrogens (tertiary/aromatic N) is 6. The van der Waals surface area contributed by atoms with Gasteiger partial charge < -0.3 is 16.0 Å². The molecule has 2 saturated heterocycles. The molecule has 0 saturated carbocycles. The highest BCUT2D eigenvalue weighted by atomic mass is 19.4. The van der Waals surface area contributed by atoms with Crippen molar-refractivity contribution in [1.29, 1.82) is 0 Å². The second kappa shape index (κ2) is 9.35. The van der Waals surface area contributed by atoms with Crippen LogP contribution in [0.15, 0.2) is 36.7 Å². The lowest BCUT2D eigenvalue weighted by Gasteiger charge is -2.34. The van der Waals surface area contributed by atoms with Crippen molar-refractivity contribution in [3.8, 4) is 11.3 Å². The minimum Gasteiger partial charge on any atom is -0.382 e. The van der Waals surface area contributed by atoms with Crippen LogP contribution in [0.5, 0.6) is 0 Å². The summed E-state index contributed by atoms with van der Waals surface area (Å²) < 4.78 is 41.9. The van der Waals surface area contributed by atoms with Gasteiger partial charge in [-0.05, 0) is 43.9 Å². The van der Waals surface area contributed by atoms with Gasteiger partial charge in [-0.25, -0.2) is 9.97 Å². The number of carbonyl (C=O) groups excluding carboxylic acids is 2. The van der Waals surface area contributed by atoms with Gasteiger partial charge in [0.15, 0.2) is 5.82 Å². The largest absolute Gasteiger partial charge is 0.433 e. The van der Waals surface area contributed by atoms with Crippen molar-refractivity contribution in [2.45, 2.75) is 50.7 Å². The number of carbonyl (C=O) groups is 2. The van der Waals surface area contributed by atoms with Crippen LogP contribution in [-0.2, 0) is 18.0 Å². The highest BCUT2D eigenvalue weighted by Gasteiger charge is 2.38. The quantitative estimate of drug-likeness (QED) is 0.392. The Bertz CT molecular complexity index is 1660. The molecule has 0 aliphatic carbocycles. The number of fused-ring (bicyclic) bond motifs is 2. The van der Waals surface area contributed by atoms with E-state index < -0.39 is 17.8 Å². The van der Waals surface area contributed by atoms with E-state index in [9.17, 15) is 22.8 Å². The maximum atomic E-state index is 13.1. The lowest BCUT2D eigenvalue weighted by molar-refractivity contribution is -0.143. The van der Waals surface area contributed by atoms with Gasteiger partial charge in [-0.3, -0.25) is 18.7 Å². The molecule has 0 spiro atoms. The Balaban J connectivity index is 1.32. The summed E-state index contributed by atoms with van der Waals surface area (Å²) in [6.45, 7) is 2.42. The molecule has 4 aromatic rings. The molecule has 0 radical (unpaired) electrons. The zero-order valence-corrected chi connectivity index (χ0v) is 21.9. The summed E-state index contributed by atoms with van der Waals surface area (Å²) in [6.07, 6.45) is 2.15. The predicted molar refractivity (Wildman–Crippen MR) is 140 cm³/mol. The Kier molecular flexibility index (Phi) is 6.04. The molecule has 3 N–H and O–H groups in total. The SMILES string of the molecule is Cc1cc(C(=O)Nc2cc(C(F)(F)F)n(C)n2)ccc1-c1nc(C2CCC3CCC(=O)N3C2)n2ccnc(N)c12. The number of halogens is 3. The Labute approximate surface area is 227 Å². The molecular weight excluding hydrogens is 525 g/mol. The second-order valence-corrected chi connectivity index (χ2v) is 10.4. The Hall–Kier alpha value is -4.42. The van der Waals surface area contributed by atoms with Gasteiger partial charge in [0.2, 0.25) is 5.91 Å². The van der Waals surface area contributed by atoms with Crippen molar-refractivity contribution in [3.05, 3.63) is 59.3 Å². The number of anilines is 2. The summed E-state index contributed by atoms with van der Waals surface area (Å²) in [6, 6.07) is 6.05. The first-order chi connectivity index (χ1) is 19.0. The van der Waals surface area contributed by atoms with Crippen LogP contribution in [0.25, 0.3) is 16.8 Å². The summed E-state index contributed by atoms with van der Waals surface area (Å²) in [4.78, 5) is 36.5. The number of amides is 2. The highest BCUT2D eigenvalue weighted by molar-refractivity contribution is 6.04. The maximum absolute atomic E-state index is 13.1. The highest BCUT2D eigenvalue weighted by Crippen LogP contribution is 2.38. The number of piperidine rings is 1. The van der Waals surface area contributed by atoms with Crippen molar-refractivity contribution >= 4 is 29.0 Å². The summed E-state index contributed by atoms with van der Waals surface area (Å²) in [5.41, 5.74) is 8.31. The van der Waals surface area contributed by atoms with Crippen LogP contribution in [0.1, 0.15) is 59.0 Å². The number of nitrogens with one attached hydrogen (secondary N) is 1. The lowest BCUT2D eigenvalue weighted by atomic mass is 9.92. The number of imidazole rings is 1. The number of hydrogen-bond donors (Lipinski definition) is 2. The molecule has 2 aliphatic heterocycles. The number of benzene rings is 1. The van der Waals surface area contributed by atoms with Crippen molar-refractivity contribution in [3.63, 3.8) is 0 Å². The van der Waals surface area contributed by atoms with Gasteiger partial charge in [0.1, 0.15) is 28.5 Å². The van der Waals surface area contributed by atoms with Gasteiger partial charge in [-0.1, -0.05) is 6.07 Å². The molecule has 5 heterocycles. The summed E-state index contributed by atoms with van der Waals surface area (Å²) in [7, 11) is 1.16. The fourth-order valence-corrected chi connectivity index (χ4v) is 5.89. The number of hydrogen-bond acceptors (Lipinski definition) is 6. The first kappa shape index (κ1) is 25.8. The normalized spacial score (nSPS) is 19.3. The summed E-state index contributed by atoms with van der Waals surface area (Å²) in [5.74, 6) is 0.531. The number of alkyl halides is 3. The summed E-state index contributed by atoms with van der Waals surface area (Å²) in [5, 5.41) is 6.19. The van der Waals surface area contributed by atoms with E-state index in [-0.39, 0.29) is 23.2 Å². The molecule has 40 heavy (non-hydrogen) atoms. The number of nitrogen functional groups attached to an aromatic ring is 1. The molecular formula is C27H27F3N8O2. The predicted octanol–water partition coefficient (Wildman–Crippen LogP) is 4.16. The molecule has 2 atom stereocenters. The number of nitrogens with two attached hydrogens (primary N) is 1. The molecule has 2 aliphatic rings. The molecule has 3 aromatic heterocycles. The number of aromatic nitrogens is 5. The van der Waals surface area contributed by atoms with E-state index in [1.54, 1.807) is 24.4 Å². The number of rotatable bonds is 4. The molecule has 2 unspecified atom stereocenters. The third-order valence-electron chi connectivity index (χ3n) is 7.85. The monoisotopic (exact) mass is 552 g/mol. The molecule has 0 bridgehead atoms. The van der Waals surface area contributed by atoms with Gasteiger partial charge in [-0.15, -0.1) is 0 Å². The lowest BCUT2D eigenvalue weighted by Crippen LogP contribution is -2.41. The van der Waals surface area contributed by atoms with E-state index >= 15 is 0 Å². The van der Waals surface area contributed by atoms with Crippen LogP contribution in [0, 0.1) is 6.92 Å². The van der Waals surface area contributed by atoms with Gasteiger partial charge in [0.05, 0.1) is 0 Å². The van der Waals surface area contributed by atoms with Crippen molar-refractivity contribution in [2.24, 2.45) is 7.05 Å². The molecule has 208 valence electrons. The first-order valence-corrected chi connectivity index (χ1v) is 13.0. The van der Waals surface area contributed by atoms with Gasteiger partial charge in [0.25, 0.3) is 5.91 Å². The smallest absolute Gasteiger partial charge is 0.382 e. The Morgan fingerprint density at radius 2 is 1.98 bits per heavy atom. The minimum atomic E-state index is -4.59. The van der Waals surface area contributed by atoms with Crippen molar-refractivity contribution < 1.29 is 22.8 Å². The van der Waals surface area contributed by atoms with Crippen molar-refractivity contribution in [1.82, 2.24) is 29.0 Å². The van der Waals surface area contributed by atoms with Crippen LogP contribution < -0.4 is 11.1 Å². The van der Waals surface area contributed by atoms with E-state index in [0.29, 0.717) is 40.7 Å². The van der Waals surface area contributed by atoms with E-state index in [4.69, 9.17) is 10.7 Å². The molecule has 1 aromatic carbocycles. The van der Waals surface area contributed by atoms with E-state index in [1.807, 2.05) is 22.4 Å². The summed E-state index contributed by atoms with van der Waals surface area (Å²) >= 11 is 0. The van der Waals surface area contributed by atoms with Crippen LogP contribution in [0.3, 0.4) is 0 Å². The number of aryl methyl sites for hydroxylation is 2. The maximum Gasteiger partial charge on any atom is 0.433 e. The van der Waals surface area contributed by atoms with Gasteiger partial charge in [0, 0.05) is 61.6 Å². The third-order valence-corrected chi connectivity index (χ3v) is 7.85. The fraction of sp³-hybridized carbons (Fsp3) is 0.370. The molecule has 13 heteroatoms. The Morgan fingerprint density at radius 1 is 1.18 bits per heavy atom. The second-order valence-electron chi connectivity index (χ2n) is 10.4. The van der Waals surface area contributed by atoms with Crippen molar-refractivity contribution in [2.75, 3.05) is 17.6 Å². The first-order valence-electron chi connectivity index (χ1n) is 13.0. The minimum absolute atomic E-state index is 0.0340. The molecule has 6 rings (SSSR count). The van der Waals surface area contributed by atoms with Gasteiger partial charge in [-0.2, -0.15) is 18.3 Å². The topological polar surface area (TPSA) is 123 Å². The Morgan fingerprint density at radius 3 is 2.70 bits per heavy atom. The molecule has 2 fully saturated rings. The van der Waals surface area contributed by atoms with Crippen LogP contribution in [0.2, 0.25) is 0 Å². The van der Waals surface area contributed by atoms with Crippen LogP contribution in [0.4, 0.5) is 24.8 Å².